The Hall–Kier alpha value is -4.27. The van der Waals surface area contributed by atoms with Crippen LogP contribution in [0.2, 0.25) is 0 Å². The molecule has 1 amide bonds. The molecular weight excluding hydrogens is 456 g/mol. The van der Waals surface area contributed by atoms with Crippen LogP contribution in [0, 0.1) is 13.8 Å². The summed E-state index contributed by atoms with van der Waals surface area (Å²) in [4.78, 5) is 17.5. The van der Waals surface area contributed by atoms with Crippen molar-refractivity contribution in [1.29, 1.82) is 0 Å². The molecular formula is C27H28N6O3. The van der Waals surface area contributed by atoms with Crippen molar-refractivity contribution in [1.82, 2.24) is 25.0 Å². The molecule has 2 aromatic heterocycles. The van der Waals surface area contributed by atoms with Gasteiger partial charge < -0.3 is 14.8 Å². The highest BCUT2D eigenvalue weighted by Crippen LogP contribution is 2.42. The Labute approximate surface area is 209 Å². The van der Waals surface area contributed by atoms with Gasteiger partial charge in [-0.2, -0.15) is 14.9 Å². The highest BCUT2D eigenvalue weighted by Gasteiger charge is 2.34. The van der Waals surface area contributed by atoms with Crippen LogP contribution in [-0.2, 0) is 4.79 Å². The van der Waals surface area contributed by atoms with Crippen molar-refractivity contribution in [2.45, 2.75) is 46.1 Å². The van der Waals surface area contributed by atoms with Crippen LogP contribution in [0.3, 0.4) is 0 Å². The first-order valence-electron chi connectivity index (χ1n) is 11.8. The molecule has 36 heavy (non-hydrogen) atoms. The molecule has 3 heterocycles. The molecule has 0 aliphatic carbocycles. The van der Waals surface area contributed by atoms with E-state index in [1.54, 1.807) is 18.0 Å². The Kier molecular flexibility index (Phi) is 6.13. The minimum Gasteiger partial charge on any atom is -0.493 e. The van der Waals surface area contributed by atoms with E-state index in [0.717, 1.165) is 27.9 Å². The third kappa shape index (κ3) is 4.39. The maximum Gasteiger partial charge on any atom is 0.272 e. The smallest absolute Gasteiger partial charge is 0.272 e. The number of anilines is 1. The number of amides is 1. The van der Waals surface area contributed by atoms with Crippen molar-refractivity contribution >= 4 is 11.7 Å². The first kappa shape index (κ1) is 23.5. The molecule has 0 radical (unpaired) electrons. The van der Waals surface area contributed by atoms with Crippen LogP contribution < -0.4 is 14.8 Å². The lowest BCUT2D eigenvalue weighted by Gasteiger charge is -2.25. The first-order valence-corrected chi connectivity index (χ1v) is 11.8. The van der Waals surface area contributed by atoms with Gasteiger partial charge in [-0.05, 0) is 45.4 Å². The van der Waals surface area contributed by atoms with Crippen molar-refractivity contribution in [3.05, 3.63) is 71.0 Å². The molecule has 0 fully saturated rings. The van der Waals surface area contributed by atoms with E-state index < -0.39 is 0 Å². The van der Waals surface area contributed by atoms with Crippen LogP contribution in [0.1, 0.15) is 48.6 Å². The van der Waals surface area contributed by atoms with E-state index in [0.29, 0.717) is 23.0 Å². The largest absolute Gasteiger partial charge is 0.493 e. The zero-order valence-electron chi connectivity index (χ0n) is 20.9. The van der Waals surface area contributed by atoms with Gasteiger partial charge in [-0.1, -0.05) is 35.9 Å². The molecule has 1 aliphatic heterocycles. The van der Waals surface area contributed by atoms with Gasteiger partial charge in [0.2, 0.25) is 5.91 Å². The Bertz CT molecular complexity index is 1430. The molecule has 2 aromatic carbocycles. The second kappa shape index (κ2) is 9.41. The maximum atomic E-state index is 12.8. The average molecular weight is 485 g/mol. The zero-order chi connectivity index (χ0) is 25.4. The van der Waals surface area contributed by atoms with Crippen molar-refractivity contribution in [3.63, 3.8) is 0 Å². The van der Waals surface area contributed by atoms with E-state index in [1.165, 1.54) is 0 Å². The van der Waals surface area contributed by atoms with Gasteiger partial charge in [0.25, 0.3) is 5.95 Å². The first-order chi connectivity index (χ1) is 17.3. The summed E-state index contributed by atoms with van der Waals surface area (Å²) in [6.07, 6.45) is 1.89. The highest BCUT2D eigenvalue weighted by molar-refractivity contribution is 5.95. The third-order valence-electron chi connectivity index (χ3n) is 6.14. The maximum absolute atomic E-state index is 12.8. The molecule has 5 rings (SSSR count). The number of nitrogens with zero attached hydrogens (tertiary/aromatic N) is 5. The third-order valence-corrected chi connectivity index (χ3v) is 6.14. The van der Waals surface area contributed by atoms with Crippen molar-refractivity contribution in [3.8, 4) is 28.7 Å². The SMILES string of the molecule is COc1ccc([C@H]2CC(=O)Nc3c2c(C)nn3-c2nncc(-c3ccc(C)cc3)n2)cc1OC(C)C. The summed E-state index contributed by atoms with van der Waals surface area (Å²) in [5, 5.41) is 16.1. The number of hydrogen-bond acceptors (Lipinski definition) is 7. The lowest BCUT2D eigenvalue weighted by molar-refractivity contribution is -0.116. The van der Waals surface area contributed by atoms with Crippen LogP contribution in [0.4, 0.5) is 5.82 Å². The second-order valence-corrected chi connectivity index (χ2v) is 9.15. The Morgan fingerprint density at radius 3 is 2.58 bits per heavy atom. The van der Waals surface area contributed by atoms with E-state index in [9.17, 15) is 4.79 Å². The Morgan fingerprint density at radius 2 is 1.86 bits per heavy atom. The zero-order valence-corrected chi connectivity index (χ0v) is 20.9. The fraction of sp³-hybridized carbons (Fsp3) is 0.296. The number of ether oxygens (including phenoxy) is 2. The van der Waals surface area contributed by atoms with Gasteiger partial charge in [0.15, 0.2) is 11.5 Å². The van der Waals surface area contributed by atoms with Gasteiger partial charge in [-0.3, -0.25) is 4.79 Å². The Morgan fingerprint density at radius 1 is 1.08 bits per heavy atom. The van der Waals surface area contributed by atoms with E-state index in [4.69, 9.17) is 19.6 Å². The van der Waals surface area contributed by atoms with Gasteiger partial charge >= 0.3 is 0 Å². The highest BCUT2D eigenvalue weighted by atomic mass is 16.5. The number of nitrogens with one attached hydrogen (secondary N) is 1. The van der Waals surface area contributed by atoms with E-state index >= 15 is 0 Å². The summed E-state index contributed by atoms with van der Waals surface area (Å²) in [7, 11) is 1.61. The lowest BCUT2D eigenvalue weighted by atomic mass is 9.85. The number of fused-ring (bicyclic) bond motifs is 1. The number of methoxy groups -OCH3 is 1. The number of aryl methyl sites for hydroxylation is 2. The van der Waals surface area contributed by atoms with Crippen LogP contribution in [-0.4, -0.2) is 44.1 Å². The number of benzene rings is 2. The summed E-state index contributed by atoms with van der Waals surface area (Å²) < 4.78 is 13.0. The van der Waals surface area contributed by atoms with Gasteiger partial charge in [-0.15, -0.1) is 5.10 Å². The molecule has 1 aliphatic rings. The second-order valence-electron chi connectivity index (χ2n) is 9.15. The predicted molar refractivity (Wildman–Crippen MR) is 136 cm³/mol. The van der Waals surface area contributed by atoms with E-state index in [-0.39, 0.29) is 30.3 Å². The molecule has 9 heteroatoms. The molecule has 9 nitrogen and oxygen atoms in total. The van der Waals surface area contributed by atoms with Gasteiger partial charge in [-0.25, -0.2) is 4.98 Å². The molecule has 0 unspecified atom stereocenters. The lowest BCUT2D eigenvalue weighted by Crippen LogP contribution is -2.25. The fourth-order valence-electron chi connectivity index (χ4n) is 4.48. The van der Waals surface area contributed by atoms with Crippen LogP contribution in [0.5, 0.6) is 11.5 Å². The fourth-order valence-corrected chi connectivity index (χ4v) is 4.48. The minimum atomic E-state index is -0.212. The van der Waals surface area contributed by atoms with Gasteiger partial charge in [0.05, 0.1) is 30.8 Å². The minimum absolute atomic E-state index is 0.0192. The number of aromatic nitrogens is 5. The average Bonchev–Trinajstić information content (AvgIpc) is 3.19. The van der Waals surface area contributed by atoms with Crippen LogP contribution >= 0.6 is 0 Å². The Balaban J connectivity index is 1.58. The molecule has 0 saturated heterocycles. The number of carbonyl (C=O) groups is 1. The molecule has 0 spiro atoms. The van der Waals surface area contributed by atoms with Gasteiger partial charge in [0.1, 0.15) is 5.82 Å². The number of rotatable bonds is 6. The van der Waals surface area contributed by atoms with Crippen molar-refractivity contribution in [2.75, 3.05) is 12.4 Å². The topological polar surface area (TPSA) is 104 Å². The van der Waals surface area contributed by atoms with Crippen molar-refractivity contribution < 1.29 is 14.3 Å². The summed E-state index contributed by atoms with van der Waals surface area (Å²) in [6.45, 7) is 7.88. The van der Waals surface area contributed by atoms with Crippen LogP contribution in [0.25, 0.3) is 17.2 Å². The van der Waals surface area contributed by atoms with E-state index in [1.807, 2.05) is 70.2 Å². The molecule has 4 aromatic rings. The van der Waals surface area contributed by atoms with Gasteiger partial charge in [0, 0.05) is 23.5 Å². The quantitative estimate of drug-likeness (QED) is 0.426. The van der Waals surface area contributed by atoms with E-state index in [2.05, 4.69) is 15.5 Å². The summed E-state index contributed by atoms with van der Waals surface area (Å²) in [5.41, 5.74) is 5.39. The summed E-state index contributed by atoms with van der Waals surface area (Å²) in [6, 6.07) is 13.8. The molecule has 1 atom stereocenters. The molecule has 184 valence electrons. The summed E-state index contributed by atoms with van der Waals surface area (Å²) in [5.74, 6) is 1.80. The molecule has 0 saturated carbocycles. The number of hydrogen-bond donors (Lipinski definition) is 1. The van der Waals surface area contributed by atoms with Crippen molar-refractivity contribution in [2.24, 2.45) is 0 Å². The monoisotopic (exact) mass is 484 g/mol. The molecule has 0 bridgehead atoms. The summed E-state index contributed by atoms with van der Waals surface area (Å²) >= 11 is 0. The molecule has 1 N–H and O–H groups in total. The number of carbonyl (C=O) groups excluding carboxylic acids is 1. The normalized spacial score (nSPS) is 14.9. The standard InChI is InChI=1S/C27H28N6O3/c1-15(2)36-23-12-19(10-11-22(23)35-5)20-13-24(34)30-26-25(20)17(4)32-33(26)27-29-21(14-28-31-27)18-8-6-16(3)7-9-18/h6-12,14-15,20H,13H2,1-5H3,(H,30,34)/t20-/m1/s1. The van der Waals surface area contributed by atoms with Crippen LogP contribution in [0.15, 0.2) is 48.7 Å². The predicted octanol–water partition coefficient (Wildman–Crippen LogP) is 4.61.